The molecule has 0 spiro atoms. The number of carbonyl (C=O) groups excluding carboxylic acids is 1. The second-order valence-electron chi connectivity index (χ2n) is 5.81. The highest BCUT2D eigenvalue weighted by Crippen LogP contribution is 2.19. The molecule has 1 aromatic rings. The molecule has 2 aliphatic heterocycles. The van der Waals surface area contributed by atoms with Gasteiger partial charge < -0.3 is 9.80 Å². The molecule has 0 unspecified atom stereocenters. The van der Waals surface area contributed by atoms with Gasteiger partial charge in [-0.25, -0.2) is 0 Å². The first-order valence-electron chi connectivity index (χ1n) is 7.81. The number of likely N-dealkylation sites (tertiary alicyclic amines) is 1. The van der Waals surface area contributed by atoms with Crippen LogP contribution in [0, 0.1) is 0 Å². The first-order valence-corrected chi connectivity index (χ1v) is 7.81. The molecule has 0 aromatic carbocycles. The van der Waals surface area contributed by atoms with Gasteiger partial charge in [0.2, 0.25) is 5.91 Å². The monoisotopic (exact) mass is 276 g/mol. The Labute approximate surface area is 120 Å². The highest BCUT2D eigenvalue weighted by atomic mass is 16.2. The average molecular weight is 276 g/mol. The van der Waals surface area contributed by atoms with E-state index in [4.69, 9.17) is 0 Å². The first kappa shape index (κ1) is 13.6. The van der Waals surface area contributed by atoms with E-state index in [0.717, 1.165) is 32.6 Å². The molecule has 0 saturated carbocycles. The van der Waals surface area contributed by atoms with Crippen molar-refractivity contribution < 1.29 is 4.79 Å². The van der Waals surface area contributed by atoms with Crippen LogP contribution >= 0.6 is 0 Å². The molecule has 3 heterocycles. The van der Waals surface area contributed by atoms with E-state index in [-0.39, 0.29) is 5.91 Å². The smallest absolute Gasteiger partial charge is 0.222 e. The zero-order valence-corrected chi connectivity index (χ0v) is 12.3. The summed E-state index contributed by atoms with van der Waals surface area (Å²) in [6.45, 7) is 8.07. The highest BCUT2D eigenvalue weighted by Gasteiger charge is 2.23. The van der Waals surface area contributed by atoms with Crippen LogP contribution in [0.2, 0.25) is 0 Å². The van der Waals surface area contributed by atoms with Crippen LogP contribution in [0.25, 0.3) is 0 Å². The van der Waals surface area contributed by atoms with Gasteiger partial charge >= 0.3 is 0 Å². The fraction of sp³-hybridized carbons (Fsp3) is 0.733. The number of aromatic nitrogens is 2. The molecule has 0 radical (unpaired) electrons. The molecule has 1 aromatic heterocycles. The van der Waals surface area contributed by atoms with Gasteiger partial charge in [-0.1, -0.05) is 6.92 Å². The molecular formula is C15H24N4O. The van der Waals surface area contributed by atoms with Gasteiger partial charge in [-0.3, -0.25) is 9.48 Å². The normalized spacial score (nSPS) is 19.4. The van der Waals surface area contributed by atoms with E-state index in [1.165, 1.54) is 37.2 Å². The lowest BCUT2D eigenvalue weighted by Gasteiger charge is -2.27. The van der Waals surface area contributed by atoms with Gasteiger partial charge in [0.25, 0.3) is 0 Å². The van der Waals surface area contributed by atoms with Crippen molar-refractivity contribution >= 4 is 5.91 Å². The fourth-order valence-corrected chi connectivity index (χ4v) is 3.27. The zero-order chi connectivity index (χ0) is 13.9. The highest BCUT2D eigenvalue weighted by molar-refractivity contribution is 5.76. The number of hydrogen-bond donors (Lipinski definition) is 0. The van der Waals surface area contributed by atoms with Crippen LogP contribution in [-0.4, -0.2) is 51.7 Å². The Bertz CT molecular complexity index is 476. The van der Waals surface area contributed by atoms with Crippen LogP contribution in [0.5, 0.6) is 0 Å². The van der Waals surface area contributed by atoms with Gasteiger partial charge in [0.1, 0.15) is 0 Å². The van der Waals surface area contributed by atoms with Crippen molar-refractivity contribution in [3.05, 3.63) is 17.5 Å². The second kappa shape index (κ2) is 5.95. The maximum absolute atomic E-state index is 11.8. The van der Waals surface area contributed by atoms with E-state index in [2.05, 4.69) is 14.7 Å². The molecule has 20 heavy (non-hydrogen) atoms. The molecule has 1 fully saturated rings. The Morgan fingerprint density at radius 1 is 1.25 bits per heavy atom. The van der Waals surface area contributed by atoms with Gasteiger partial charge in [-0.15, -0.1) is 0 Å². The van der Waals surface area contributed by atoms with Crippen LogP contribution in [0.1, 0.15) is 37.4 Å². The Hall–Kier alpha value is -1.36. The summed E-state index contributed by atoms with van der Waals surface area (Å²) >= 11 is 0. The lowest BCUT2D eigenvalue weighted by molar-refractivity contribution is -0.131. The Morgan fingerprint density at radius 3 is 2.80 bits per heavy atom. The third-order valence-corrected chi connectivity index (χ3v) is 4.50. The quantitative estimate of drug-likeness (QED) is 0.832. The first-order chi connectivity index (χ1) is 9.78. The summed E-state index contributed by atoms with van der Waals surface area (Å²) in [5.74, 6) is 0.250. The van der Waals surface area contributed by atoms with Crippen molar-refractivity contribution in [1.82, 2.24) is 19.6 Å². The molecule has 110 valence electrons. The SMILES string of the molecule is CCC(=O)N1CCc2c(cnn2CCN2CCCC2)C1. The molecule has 0 bridgehead atoms. The maximum Gasteiger partial charge on any atom is 0.222 e. The van der Waals surface area contributed by atoms with Gasteiger partial charge in [0.05, 0.1) is 12.7 Å². The van der Waals surface area contributed by atoms with E-state index >= 15 is 0 Å². The summed E-state index contributed by atoms with van der Waals surface area (Å²) in [5, 5.41) is 4.53. The lowest BCUT2D eigenvalue weighted by Crippen LogP contribution is -2.36. The van der Waals surface area contributed by atoms with Crippen LogP contribution < -0.4 is 0 Å². The predicted molar refractivity (Wildman–Crippen MR) is 77.3 cm³/mol. The third kappa shape index (κ3) is 2.73. The van der Waals surface area contributed by atoms with Crippen molar-refractivity contribution in [2.75, 3.05) is 26.2 Å². The molecular weight excluding hydrogens is 252 g/mol. The number of hydrogen-bond acceptors (Lipinski definition) is 3. The van der Waals surface area contributed by atoms with Crippen molar-refractivity contribution in [2.24, 2.45) is 0 Å². The fourth-order valence-electron chi connectivity index (χ4n) is 3.27. The van der Waals surface area contributed by atoms with Crippen LogP contribution in [0.15, 0.2) is 6.20 Å². The largest absolute Gasteiger partial charge is 0.338 e. The molecule has 5 nitrogen and oxygen atoms in total. The van der Waals surface area contributed by atoms with Crippen molar-refractivity contribution in [3.63, 3.8) is 0 Å². The van der Waals surface area contributed by atoms with Crippen LogP contribution in [-0.2, 0) is 24.3 Å². The summed E-state index contributed by atoms with van der Waals surface area (Å²) in [6, 6.07) is 0. The molecule has 0 N–H and O–H groups in total. The summed E-state index contributed by atoms with van der Waals surface area (Å²) in [5.41, 5.74) is 2.57. The van der Waals surface area contributed by atoms with Gasteiger partial charge in [-0.05, 0) is 25.9 Å². The summed E-state index contributed by atoms with van der Waals surface area (Å²) in [4.78, 5) is 16.2. The molecule has 0 atom stereocenters. The Kier molecular flexibility index (Phi) is 4.05. The lowest BCUT2D eigenvalue weighted by atomic mass is 10.1. The van der Waals surface area contributed by atoms with Crippen LogP contribution in [0.4, 0.5) is 0 Å². The number of amides is 1. The van der Waals surface area contributed by atoms with E-state index in [1.807, 2.05) is 18.0 Å². The van der Waals surface area contributed by atoms with Crippen molar-refractivity contribution in [3.8, 4) is 0 Å². The minimum absolute atomic E-state index is 0.250. The molecule has 2 aliphatic rings. The van der Waals surface area contributed by atoms with Gasteiger partial charge in [-0.2, -0.15) is 5.10 Å². The molecule has 0 aliphatic carbocycles. The minimum atomic E-state index is 0.250. The standard InChI is InChI=1S/C15H24N4O/c1-2-15(20)18-8-5-14-13(12-18)11-16-19(14)10-9-17-6-3-4-7-17/h11H,2-10,12H2,1H3. The Balaban J connectivity index is 1.62. The average Bonchev–Trinajstić information content (AvgIpc) is 3.13. The molecule has 1 saturated heterocycles. The third-order valence-electron chi connectivity index (χ3n) is 4.50. The predicted octanol–water partition coefficient (Wildman–Crippen LogP) is 1.27. The van der Waals surface area contributed by atoms with E-state index in [1.54, 1.807) is 0 Å². The molecule has 5 heteroatoms. The van der Waals surface area contributed by atoms with E-state index in [9.17, 15) is 4.79 Å². The Morgan fingerprint density at radius 2 is 2.05 bits per heavy atom. The minimum Gasteiger partial charge on any atom is -0.338 e. The van der Waals surface area contributed by atoms with E-state index < -0.39 is 0 Å². The van der Waals surface area contributed by atoms with Gasteiger partial charge in [0.15, 0.2) is 0 Å². The van der Waals surface area contributed by atoms with Crippen LogP contribution in [0.3, 0.4) is 0 Å². The van der Waals surface area contributed by atoms with Crippen molar-refractivity contribution in [2.45, 2.75) is 45.7 Å². The van der Waals surface area contributed by atoms with Crippen molar-refractivity contribution in [1.29, 1.82) is 0 Å². The second-order valence-corrected chi connectivity index (χ2v) is 5.81. The molecule has 3 rings (SSSR count). The summed E-state index contributed by atoms with van der Waals surface area (Å²) < 4.78 is 2.15. The maximum atomic E-state index is 11.8. The summed E-state index contributed by atoms with van der Waals surface area (Å²) in [7, 11) is 0. The molecule has 1 amide bonds. The topological polar surface area (TPSA) is 41.4 Å². The van der Waals surface area contributed by atoms with Gasteiger partial charge in [0, 0.05) is 43.7 Å². The van der Waals surface area contributed by atoms with E-state index in [0.29, 0.717) is 6.42 Å². The number of rotatable bonds is 4. The number of fused-ring (bicyclic) bond motifs is 1. The summed E-state index contributed by atoms with van der Waals surface area (Å²) in [6.07, 6.45) is 6.17. The number of nitrogens with zero attached hydrogens (tertiary/aromatic N) is 4. The number of carbonyl (C=O) groups is 1. The zero-order valence-electron chi connectivity index (χ0n) is 12.3.